The second-order valence-electron chi connectivity index (χ2n) is 5.20. The summed E-state index contributed by atoms with van der Waals surface area (Å²) in [7, 11) is 0. The molecule has 2 unspecified atom stereocenters. The van der Waals surface area contributed by atoms with Crippen LogP contribution in [-0.2, 0) is 16.0 Å². The molecule has 21 heavy (non-hydrogen) atoms. The van der Waals surface area contributed by atoms with E-state index in [4.69, 9.17) is 5.11 Å². The van der Waals surface area contributed by atoms with E-state index < -0.39 is 5.97 Å². The minimum absolute atomic E-state index is 0.0285. The number of amides is 1. The van der Waals surface area contributed by atoms with Crippen molar-refractivity contribution in [1.29, 1.82) is 0 Å². The lowest BCUT2D eigenvalue weighted by atomic mass is 10.00. The smallest absolute Gasteiger partial charge is 0.303 e. The van der Waals surface area contributed by atoms with Crippen molar-refractivity contribution in [1.82, 2.24) is 5.32 Å². The number of carboxylic acids is 1. The van der Waals surface area contributed by atoms with Gasteiger partial charge in [0, 0.05) is 18.4 Å². The third-order valence-electron chi connectivity index (χ3n) is 3.15. The van der Waals surface area contributed by atoms with Crippen LogP contribution in [0.15, 0.2) is 22.7 Å². The molecule has 4 nitrogen and oxygen atoms in total. The number of halogens is 2. The van der Waals surface area contributed by atoms with Gasteiger partial charge in [0.05, 0.1) is 4.47 Å². The van der Waals surface area contributed by atoms with E-state index in [9.17, 15) is 14.0 Å². The zero-order chi connectivity index (χ0) is 16.0. The van der Waals surface area contributed by atoms with Crippen molar-refractivity contribution in [2.45, 2.75) is 39.2 Å². The Morgan fingerprint density at radius 2 is 2.05 bits per heavy atom. The molecule has 0 aliphatic carbocycles. The van der Waals surface area contributed by atoms with E-state index in [1.165, 1.54) is 6.07 Å². The lowest BCUT2D eigenvalue weighted by Crippen LogP contribution is -2.37. The molecule has 0 radical (unpaired) electrons. The van der Waals surface area contributed by atoms with Gasteiger partial charge in [0.25, 0.3) is 0 Å². The summed E-state index contributed by atoms with van der Waals surface area (Å²) < 4.78 is 13.5. The molecule has 6 heteroatoms. The Hall–Kier alpha value is -1.43. The Labute approximate surface area is 131 Å². The van der Waals surface area contributed by atoms with E-state index in [1.807, 2.05) is 0 Å². The summed E-state index contributed by atoms with van der Waals surface area (Å²) in [5.74, 6) is -1.61. The van der Waals surface area contributed by atoms with Gasteiger partial charge in [-0.05, 0) is 53.4 Å². The molecule has 0 aromatic heterocycles. The lowest BCUT2D eigenvalue weighted by Gasteiger charge is -2.17. The summed E-state index contributed by atoms with van der Waals surface area (Å²) in [5.41, 5.74) is 0.865. The summed E-state index contributed by atoms with van der Waals surface area (Å²) in [4.78, 5) is 22.5. The molecule has 0 heterocycles. The number of carbonyl (C=O) groups is 2. The van der Waals surface area contributed by atoms with Crippen molar-refractivity contribution >= 4 is 27.8 Å². The number of hydrogen-bond donors (Lipinski definition) is 2. The van der Waals surface area contributed by atoms with Crippen LogP contribution in [0.5, 0.6) is 0 Å². The normalized spacial score (nSPS) is 13.5. The van der Waals surface area contributed by atoms with Crippen molar-refractivity contribution < 1.29 is 19.1 Å². The molecular formula is C15H19BrFNO3. The monoisotopic (exact) mass is 359 g/mol. The molecule has 116 valence electrons. The standard InChI is InChI=1S/C15H19BrFNO3/c1-9(7-11-4-5-13(17)12(16)8-11)15(21)18-10(2)3-6-14(19)20/h4-5,8-10H,3,6-7H2,1-2H3,(H,18,21)(H,19,20). The number of nitrogens with one attached hydrogen (secondary N) is 1. The van der Waals surface area contributed by atoms with Crippen LogP contribution in [0, 0.1) is 11.7 Å². The van der Waals surface area contributed by atoms with Gasteiger partial charge in [0.15, 0.2) is 0 Å². The number of hydrogen-bond acceptors (Lipinski definition) is 2. The van der Waals surface area contributed by atoms with Crippen LogP contribution < -0.4 is 5.32 Å². The molecule has 0 aliphatic rings. The predicted octanol–water partition coefficient (Wildman–Crippen LogP) is 3.14. The van der Waals surface area contributed by atoms with Crippen LogP contribution in [0.3, 0.4) is 0 Å². The van der Waals surface area contributed by atoms with E-state index in [2.05, 4.69) is 21.2 Å². The molecular weight excluding hydrogens is 341 g/mol. The lowest BCUT2D eigenvalue weighted by molar-refractivity contribution is -0.137. The zero-order valence-corrected chi connectivity index (χ0v) is 13.6. The van der Waals surface area contributed by atoms with Crippen LogP contribution in [-0.4, -0.2) is 23.0 Å². The van der Waals surface area contributed by atoms with Gasteiger partial charge in [0.1, 0.15) is 5.82 Å². The highest BCUT2D eigenvalue weighted by Gasteiger charge is 2.16. The molecule has 0 spiro atoms. The number of carbonyl (C=O) groups excluding carboxylic acids is 1. The van der Waals surface area contributed by atoms with Gasteiger partial charge in [-0.25, -0.2) is 4.39 Å². The highest BCUT2D eigenvalue weighted by molar-refractivity contribution is 9.10. The molecule has 1 aromatic rings. The fraction of sp³-hybridized carbons (Fsp3) is 0.467. The molecule has 0 saturated carbocycles. The predicted molar refractivity (Wildman–Crippen MR) is 81.4 cm³/mol. The Balaban J connectivity index is 2.50. The average Bonchev–Trinajstić information content (AvgIpc) is 2.40. The Morgan fingerprint density at radius 3 is 2.62 bits per heavy atom. The quantitative estimate of drug-likeness (QED) is 0.785. The van der Waals surface area contributed by atoms with Crippen molar-refractivity contribution in [3.8, 4) is 0 Å². The van der Waals surface area contributed by atoms with Gasteiger partial charge in [-0.2, -0.15) is 0 Å². The summed E-state index contributed by atoms with van der Waals surface area (Å²) in [6, 6.07) is 4.49. The summed E-state index contributed by atoms with van der Waals surface area (Å²) >= 11 is 3.12. The average molecular weight is 360 g/mol. The zero-order valence-electron chi connectivity index (χ0n) is 12.0. The van der Waals surface area contributed by atoms with Crippen molar-refractivity contribution in [3.63, 3.8) is 0 Å². The minimum Gasteiger partial charge on any atom is -0.481 e. The fourth-order valence-electron chi connectivity index (χ4n) is 1.91. The molecule has 0 aliphatic heterocycles. The first-order chi connectivity index (χ1) is 9.79. The van der Waals surface area contributed by atoms with Gasteiger partial charge < -0.3 is 10.4 Å². The van der Waals surface area contributed by atoms with Gasteiger partial charge in [-0.15, -0.1) is 0 Å². The van der Waals surface area contributed by atoms with Crippen LogP contribution in [0.2, 0.25) is 0 Å². The summed E-state index contributed by atoms with van der Waals surface area (Å²) in [6.07, 6.45) is 0.924. The van der Waals surface area contributed by atoms with Gasteiger partial charge >= 0.3 is 5.97 Å². The number of benzene rings is 1. The first-order valence-electron chi connectivity index (χ1n) is 6.75. The molecule has 0 saturated heterocycles. The fourth-order valence-corrected chi connectivity index (χ4v) is 2.34. The largest absolute Gasteiger partial charge is 0.481 e. The van der Waals surface area contributed by atoms with Gasteiger partial charge in [-0.1, -0.05) is 13.0 Å². The SMILES string of the molecule is CC(CCC(=O)O)NC(=O)C(C)Cc1ccc(F)c(Br)c1. The molecule has 0 bridgehead atoms. The number of carboxylic acid groups (broad SMARTS) is 1. The molecule has 2 atom stereocenters. The highest BCUT2D eigenvalue weighted by atomic mass is 79.9. The third-order valence-corrected chi connectivity index (χ3v) is 3.76. The second kappa shape index (κ2) is 8.12. The van der Waals surface area contributed by atoms with E-state index in [0.717, 1.165) is 5.56 Å². The first kappa shape index (κ1) is 17.6. The summed E-state index contributed by atoms with van der Waals surface area (Å²) in [6.45, 7) is 3.57. The van der Waals surface area contributed by atoms with Gasteiger partial charge in [-0.3, -0.25) is 9.59 Å². The first-order valence-corrected chi connectivity index (χ1v) is 7.55. The minimum atomic E-state index is -0.875. The second-order valence-corrected chi connectivity index (χ2v) is 6.05. The van der Waals surface area contributed by atoms with Crippen LogP contribution in [0.25, 0.3) is 0 Å². The van der Waals surface area contributed by atoms with Crippen molar-refractivity contribution in [2.75, 3.05) is 0 Å². The highest BCUT2D eigenvalue weighted by Crippen LogP contribution is 2.19. The van der Waals surface area contributed by atoms with Crippen molar-refractivity contribution in [2.24, 2.45) is 5.92 Å². The maximum atomic E-state index is 13.1. The number of rotatable bonds is 7. The van der Waals surface area contributed by atoms with E-state index in [-0.39, 0.29) is 30.1 Å². The van der Waals surface area contributed by atoms with E-state index in [0.29, 0.717) is 17.3 Å². The molecule has 1 aromatic carbocycles. The molecule has 1 amide bonds. The van der Waals surface area contributed by atoms with Gasteiger partial charge in [0.2, 0.25) is 5.91 Å². The number of aliphatic carboxylic acids is 1. The maximum absolute atomic E-state index is 13.1. The Bertz CT molecular complexity index is 522. The van der Waals surface area contributed by atoms with Crippen LogP contribution in [0.4, 0.5) is 4.39 Å². The Morgan fingerprint density at radius 1 is 1.38 bits per heavy atom. The van der Waals surface area contributed by atoms with Crippen molar-refractivity contribution in [3.05, 3.63) is 34.1 Å². The van der Waals surface area contributed by atoms with Crippen LogP contribution >= 0.6 is 15.9 Å². The molecule has 1 rings (SSSR count). The van der Waals surface area contributed by atoms with E-state index in [1.54, 1.807) is 26.0 Å². The summed E-state index contributed by atoms with van der Waals surface area (Å²) in [5, 5.41) is 11.4. The third kappa shape index (κ3) is 6.25. The topological polar surface area (TPSA) is 66.4 Å². The maximum Gasteiger partial charge on any atom is 0.303 e. The molecule has 0 fully saturated rings. The van der Waals surface area contributed by atoms with E-state index >= 15 is 0 Å². The Kier molecular flexibility index (Phi) is 6.81. The van der Waals surface area contributed by atoms with Crippen LogP contribution in [0.1, 0.15) is 32.3 Å². The molecule has 2 N–H and O–H groups in total.